The second kappa shape index (κ2) is 38.8. The quantitative estimate of drug-likeness (QED) is 0.0126. The van der Waals surface area contributed by atoms with Crippen molar-refractivity contribution in [2.75, 3.05) is 106 Å². The molecule has 5 N–H and O–H groups in total. The molecule has 570 valence electrons. The third kappa shape index (κ3) is 21.8. The van der Waals surface area contributed by atoms with E-state index in [-0.39, 0.29) is 108 Å². The summed E-state index contributed by atoms with van der Waals surface area (Å²) < 4.78 is 16.6. The number of urea groups is 4. The Balaban J connectivity index is 0.000000260. The molecule has 6 fully saturated rings. The van der Waals surface area contributed by atoms with Crippen LogP contribution in [0.1, 0.15) is 92.0 Å². The first-order valence-corrected chi connectivity index (χ1v) is 37.2. The SMILES string of the molecule is CN(CCCCc1ccccc1)C(=O)N1CCN(C(=O)N2C(=O)[C@H](C[C@H]3CCCN(C(=N)N)C3)C2C(=O)O)CC1.CN(CCCCc1ccccc1)C(=O)N1CCN(C(=O)N2C(=O)[C@H](C[C@H]3CCCN(C(=NC(=O)OCc4ccccc4)NC(=O)OCc4ccccc4)C3)C2C(=O)OCc2ccccc2)CC1. The minimum Gasteiger partial charge on any atom is -0.480 e. The molecule has 12 amide bonds. The van der Waals surface area contributed by atoms with E-state index in [1.165, 1.54) is 20.9 Å². The van der Waals surface area contributed by atoms with Gasteiger partial charge in [-0.1, -0.05) is 152 Å². The van der Waals surface area contributed by atoms with Crippen molar-refractivity contribution in [2.45, 2.75) is 109 Å². The van der Waals surface area contributed by atoms with Gasteiger partial charge in [-0.05, 0) is 117 Å². The number of carboxylic acid groups (broad SMARTS) is 1. The van der Waals surface area contributed by atoms with Gasteiger partial charge in [-0.25, -0.2) is 48.2 Å². The number of β-lactam (4-membered cyclic amide) rings is 2. The number of unbranched alkanes of at least 4 members (excludes halogenated alkanes) is 2. The van der Waals surface area contributed by atoms with Crippen molar-refractivity contribution in [1.29, 1.82) is 5.41 Å². The summed E-state index contributed by atoms with van der Waals surface area (Å²) in [5.74, 6) is -4.73. The highest BCUT2D eigenvalue weighted by atomic mass is 16.6. The lowest BCUT2D eigenvalue weighted by Gasteiger charge is -2.48. The first kappa shape index (κ1) is 78.5. The molecule has 6 heterocycles. The largest absolute Gasteiger partial charge is 0.480 e. The molecule has 0 aromatic heterocycles. The molecular formula is C79H100N14O14. The third-order valence-corrected chi connectivity index (χ3v) is 20.6. The lowest BCUT2D eigenvalue weighted by atomic mass is 9.78. The van der Waals surface area contributed by atoms with E-state index in [1.807, 2.05) is 127 Å². The zero-order chi connectivity index (χ0) is 75.8. The number of carboxylic acids is 1. The van der Waals surface area contributed by atoms with E-state index in [0.29, 0.717) is 65.1 Å². The van der Waals surface area contributed by atoms with Crippen molar-refractivity contribution >= 4 is 72.0 Å². The number of esters is 1. The Hall–Kier alpha value is -11.1. The molecule has 107 heavy (non-hydrogen) atoms. The van der Waals surface area contributed by atoms with Crippen LogP contribution in [0.4, 0.5) is 28.8 Å². The minimum absolute atomic E-state index is 0.0110. The number of amides is 12. The number of hydrogen-bond donors (Lipinski definition) is 4. The van der Waals surface area contributed by atoms with E-state index in [1.54, 1.807) is 43.5 Å². The van der Waals surface area contributed by atoms with E-state index in [9.17, 15) is 53.1 Å². The Morgan fingerprint density at radius 3 is 1.29 bits per heavy atom. The van der Waals surface area contributed by atoms with Crippen LogP contribution in [-0.2, 0) is 66.1 Å². The predicted molar refractivity (Wildman–Crippen MR) is 398 cm³/mol. The summed E-state index contributed by atoms with van der Waals surface area (Å²) in [6.45, 7) is 5.12. The lowest BCUT2D eigenvalue weighted by molar-refractivity contribution is -0.172. The number of aliphatic carboxylic acids is 1. The minimum atomic E-state index is -1.20. The van der Waals surface area contributed by atoms with Crippen molar-refractivity contribution in [3.63, 3.8) is 0 Å². The van der Waals surface area contributed by atoms with Crippen LogP contribution in [0, 0.1) is 29.1 Å². The van der Waals surface area contributed by atoms with E-state index < -0.39 is 71.9 Å². The number of carbonyl (C=O) groups excluding carboxylic acids is 9. The van der Waals surface area contributed by atoms with E-state index >= 15 is 0 Å². The van der Waals surface area contributed by atoms with Crippen LogP contribution < -0.4 is 11.1 Å². The zero-order valence-electron chi connectivity index (χ0n) is 61.2. The van der Waals surface area contributed by atoms with Crippen LogP contribution in [0.5, 0.6) is 0 Å². The van der Waals surface area contributed by atoms with E-state index in [0.717, 1.165) is 77.9 Å². The molecule has 0 bridgehead atoms. The summed E-state index contributed by atoms with van der Waals surface area (Å²) >= 11 is 0. The number of nitrogens with one attached hydrogen (secondary N) is 2. The molecule has 0 aliphatic carbocycles. The normalized spacial score (nSPS) is 20.1. The van der Waals surface area contributed by atoms with Crippen LogP contribution in [0.2, 0.25) is 0 Å². The number of aliphatic imine (C=N–C) groups is 1. The smallest absolute Gasteiger partial charge is 0.437 e. The van der Waals surface area contributed by atoms with Gasteiger partial charge in [0.05, 0.1) is 11.8 Å². The topological polar surface area (TPSA) is 325 Å². The van der Waals surface area contributed by atoms with Crippen LogP contribution in [0.25, 0.3) is 0 Å². The molecule has 5 aromatic carbocycles. The molecule has 0 saturated carbocycles. The molecule has 0 spiro atoms. The van der Waals surface area contributed by atoms with Crippen LogP contribution in [-0.4, -0.2) is 244 Å². The number of nitrogens with zero attached hydrogens (tertiary/aromatic N) is 11. The Morgan fingerprint density at radius 2 is 0.860 bits per heavy atom. The molecule has 11 rings (SSSR count). The maximum Gasteiger partial charge on any atom is 0.437 e. The number of hydrogen-bond acceptors (Lipinski definition) is 14. The fourth-order valence-electron chi connectivity index (χ4n) is 14.7. The fourth-order valence-corrected chi connectivity index (χ4v) is 14.7. The molecule has 2 unspecified atom stereocenters. The summed E-state index contributed by atoms with van der Waals surface area (Å²) in [7, 11) is 3.56. The summed E-state index contributed by atoms with van der Waals surface area (Å²) in [4.78, 5) is 152. The summed E-state index contributed by atoms with van der Waals surface area (Å²) in [5.41, 5.74) is 10.4. The molecule has 6 atom stereocenters. The maximum absolute atomic E-state index is 14.1. The average molecular weight is 1470 g/mol. The van der Waals surface area contributed by atoms with Gasteiger partial charge in [0.2, 0.25) is 17.8 Å². The summed E-state index contributed by atoms with van der Waals surface area (Å²) in [6.07, 6.45) is 7.35. The lowest BCUT2D eigenvalue weighted by Crippen LogP contribution is -2.70. The van der Waals surface area contributed by atoms with Gasteiger partial charge in [-0.3, -0.25) is 20.3 Å². The highest BCUT2D eigenvalue weighted by molar-refractivity contribution is 6.09. The van der Waals surface area contributed by atoms with Crippen LogP contribution in [0.15, 0.2) is 157 Å². The third-order valence-electron chi connectivity index (χ3n) is 20.6. The van der Waals surface area contributed by atoms with E-state index in [4.69, 9.17) is 25.4 Å². The van der Waals surface area contributed by atoms with Crippen molar-refractivity contribution in [3.05, 3.63) is 179 Å². The molecule has 0 radical (unpaired) electrons. The number of carbonyl (C=O) groups is 10. The number of likely N-dealkylation sites (tertiary alicyclic amines) is 4. The van der Waals surface area contributed by atoms with Gasteiger partial charge in [0.25, 0.3) is 0 Å². The summed E-state index contributed by atoms with van der Waals surface area (Å²) in [5, 5.41) is 20.1. The van der Waals surface area contributed by atoms with Gasteiger partial charge in [0, 0.05) is 106 Å². The van der Waals surface area contributed by atoms with Gasteiger partial charge in [-0.15, -0.1) is 4.99 Å². The highest BCUT2D eigenvalue weighted by Crippen LogP contribution is 2.39. The summed E-state index contributed by atoms with van der Waals surface area (Å²) in [6, 6.07) is 44.1. The van der Waals surface area contributed by atoms with E-state index in [2.05, 4.69) is 34.6 Å². The number of piperidine rings is 2. The molecular weight excluding hydrogens is 1370 g/mol. The standard InChI is InChI=1S/C51H59N7O9.C28H41N7O5/c1-54(27-15-14-19-38-17-6-2-7-18-38)50(63)55-29-31-56(32-30-55)51(64)58-44(46(60)65-35-39-20-8-3-9-21-39)43(45(58)59)33-42-26-16-28-57(34-42)47(52-48(61)66-36-40-22-10-4-11-23-40)53-49(62)67-37-41-24-12-5-13-25-41;1-31(12-6-5-10-20-8-3-2-4-9-20)27(39)32-14-16-33(17-15-32)28(40)35-23(25(37)38)22(24(35)36)18-21-11-7-13-34(19-21)26(29)30/h2-13,17-18,20-25,42-44H,14-16,19,26-37H2,1H3,(H,52,53,61,62);2-4,8-9,21-23H,5-7,10-19H2,1H3,(H3,29,30)(H,37,38)/t42-,43-,44?;21-,22-,23?/m11/s1. The monoisotopic (exact) mass is 1470 g/mol. The zero-order valence-corrected chi connectivity index (χ0v) is 61.2. The second-order valence-corrected chi connectivity index (χ2v) is 28.2. The van der Waals surface area contributed by atoms with Gasteiger partial charge in [0.1, 0.15) is 19.8 Å². The first-order chi connectivity index (χ1) is 51.8. The predicted octanol–water partition coefficient (Wildman–Crippen LogP) is 8.80. The molecule has 5 aromatic rings. The molecule has 6 saturated heterocycles. The molecule has 6 aliphatic heterocycles. The number of aryl methyl sites for hydroxylation is 2. The maximum atomic E-state index is 14.1. The number of rotatable bonds is 22. The van der Waals surface area contributed by atoms with Crippen molar-refractivity contribution < 1.29 is 67.3 Å². The first-order valence-electron chi connectivity index (χ1n) is 37.2. The van der Waals surface area contributed by atoms with Gasteiger partial charge < -0.3 is 64.3 Å². The van der Waals surface area contributed by atoms with Crippen LogP contribution >= 0.6 is 0 Å². The molecule has 6 aliphatic rings. The fraction of sp³-hybridized carbons (Fsp3) is 0.468. The van der Waals surface area contributed by atoms with Gasteiger partial charge in [0.15, 0.2) is 18.0 Å². The van der Waals surface area contributed by atoms with Crippen molar-refractivity contribution in [1.82, 2.24) is 54.3 Å². The number of nitrogens with two attached hydrogens (primary N) is 1. The Bertz CT molecular complexity index is 3870. The van der Waals surface area contributed by atoms with Crippen molar-refractivity contribution in [3.8, 4) is 0 Å². The highest BCUT2D eigenvalue weighted by Gasteiger charge is 2.58. The number of piperazine rings is 2. The van der Waals surface area contributed by atoms with Gasteiger partial charge in [-0.2, -0.15) is 0 Å². The Morgan fingerprint density at radius 1 is 0.486 bits per heavy atom. The number of alkyl carbamates (subject to hydrolysis) is 1. The Kier molecular flexibility index (Phi) is 28.5. The Labute approximate surface area is 624 Å². The number of benzene rings is 5. The number of guanidine groups is 2. The number of ether oxygens (including phenoxy) is 3. The average Bonchev–Trinajstić information content (AvgIpc) is 0.753. The second-order valence-electron chi connectivity index (χ2n) is 28.2. The van der Waals surface area contributed by atoms with Crippen molar-refractivity contribution in [2.24, 2.45) is 34.4 Å². The van der Waals surface area contributed by atoms with Gasteiger partial charge >= 0.3 is 48.2 Å². The molecule has 28 heteroatoms. The van der Waals surface area contributed by atoms with Crippen LogP contribution in [0.3, 0.4) is 0 Å². The number of imide groups is 2. The molecule has 28 nitrogen and oxygen atoms in total.